The van der Waals surface area contributed by atoms with Crippen LogP contribution in [0.5, 0.6) is 0 Å². The molecule has 2 heterocycles. The number of nitrogens with one attached hydrogen (secondary N) is 1. The Kier molecular flexibility index (Phi) is 3.82. The quantitative estimate of drug-likeness (QED) is 0.789. The molecule has 0 aromatic rings. The lowest BCUT2D eigenvalue weighted by Crippen LogP contribution is -2.48. The van der Waals surface area contributed by atoms with Crippen LogP contribution >= 0.6 is 0 Å². The summed E-state index contributed by atoms with van der Waals surface area (Å²) in [4.78, 5) is 14.0. The monoisotopic (exact) mass is 254 g/mol. The molecule has 0 aromatic heterocycles. The summed E-state index contributed by atoms with van der Waals surface area (Å²) < 4.78 is 11.1. The van der Waals surface area contributed by atoms with Gasteiger partial charge in [-0.05, 0) is 18.8 Å². The average Bonchev–Trinajstić information content (AvgIpc) is 3.02. The minimum Gasteiger partial charge on any atom is -0.376 e. The second-order valence-electron chi connectivity index (χ2n) is 5.48. The van der Waals surface area contributed by atoms with Crippen molar-refractivity contribution in [1.29, 1.82) is 0 Å². The molecule has 3 fully saturated rings. The van der Waals surface area contributed by atoms with E-state index in [1.807, 2.05) is 4.90 Å². The average molecular weight is 254 g/mol. The maximum Gasteiger partial charge on any atom is 0.237 e. The fraction of sp³-hybridized carbons (Fsp3) is 0.923. The summed E-state index contributed by atoms with van der Waals surface area (Å²) in [6.07, 6.45) is 5.35. The van der Waals surface area contributed by atoms with E-state index in [1.54, 1.807) is 0 Å². The van der Waals surface area contributed by atoms with Crippen LogP contribution in [-0.4, -0.2) is 56.0 Å². The Bertz CT molecular complexity index is 299. The molecule has 5 heteroatoms. The third kappa shape index (κ3) is 2.53. The summed E-state index contributed by atoms with van der Waals surface area (Å²) in [6.45, 7) is 3.09. The molecule has 0 radical (unpaired) electrons. The number of rotatable bonds is 3. The topological polar surface area (TPSA) is 50.8 Å². The van der Waals surface area contributed by atoms with E-state index in [9.17, 15) is 4.79 Å². The zero-order valence-electron chi connectivity index (χ0n) is 10.8. The first kappa shape index (κ1) is 12.4. The largest absolute Gasteiger partial charge is 0.376 e. The van der Waals surface area contributed by atoms with Crippen LogP contribution in [0.3, 0.4) is 0 Å². The lowest BCUT2D eigenvalue weighted by Gasteiger charge is -2.33. The van der Waals surface area contributed by atoms with Gasteiger partial charge < -0.3 is 14.4 Å². The summed E-state index contributed by atoms with van der Waals surface area (Å²) in [5.74, 6) is 0.835. The van der Waals surface area contributed by atoms with Crippen LogP contribution in [0.1, 0.15) is 25.7 Å². The van der Waals surface area contributed by atoms with Crippen LogP contribution in [0, 0.1) is 5.92 Å². The number of hydrogen-bond acceptors (Lipinski definition) is 4. The van der Waals surface area contributed by atoms with Crippen LogP contribution in [0.25, 0.3) is 0 Å². The lowest BCUT2D eigenvalue weighted by atomic mass is 10.0. The molecule has 1 N–H and O–H groups in total. The molecule has 5 nitrogen and oxygen atoms in total. The Morgan fingerprint density at radius 1 is 1.28 bits per heavy atom. The normalized spacial score (nSPS) is 34.4. The molecule has 1 saturated carbocycles. The number of carbonyl (C=O) groups excluding carboxylic acids is 1. The molecule has 0 bridgehead atoms. The van der Waals surface area contributed by atoms with Gasteiger partial charge in [0.15, 0.2) is 0 Å². The summed E-state index contributed by atoms with van der Waals surface area (Å²) in [7, 11) is 0. The third-order valence-corrected chi connectivity index (χ3v) is 4.25. The molecule has 2 aliphatic heterocycles. The molecule has 0 spiro atoms. The van der Waals surface area contributed by atoms with Crippen molar-refractivity contribution in [3.63, 3.8) is 0 Å². The molecule has 18 heavy (non-hydrogen) atoms. The molecule has 3 aliphatic rings. The van der Waals surface area contributed by atoms with Gasteiger partial charge in [-0.25, -0.2) is 0 Å². The molecule has 0 aromatic carbocycles. The number of hydrogen-bond donors (Lipinski definition) is 1. The van der Waals surface area contributed by atoms with E-state index in [1.165, 1.54) is 25.7 Å². The zero-order chi connectivity index (χ0) is 12.4. The molecule has 1 aliphatic carbocycles. The van der Waals surface area contributed by atoms with E-state index in [2.05, 4.69) is 5.32 Å². The van der Waals surface area contributed by atoms with Gasteiger partial charge in [0.05, 0.1) is 45.2 Å². The minimum atomic E-state index is 0.0477. The van der Waals surface area contributed by atoms with E-state index in [0.29, 0.717) is 38.8 Å². The molecule has 3 rings (SSSR count). The van der Waals surface area contributed by atoms with Crippen LogP contribution in [0.2, 0.25) is 0 Å². The van der Waals surface area contributed by atoms with Gasteiger partial charge in [0.25, 0.3) is 0 Å². The molecule has 2 unspecified atom stereocenters. The first-order valence-electron chi connectivity index (χ1n) is 7.07. The van der Waals surface area contributed by atoms with Crippen molar-refractivity contribution >= 4 is 5.91 Å². The minimum absolute atomic E-state index is 0.0477. The van der Waals surface area contributed by atoms with Gasteiger partial charge in [-0.15, -0.1) is 0 Å². The zero-order valence-corrected chi connectivity index (χ0v) is 10.8. The predicted octanol–water partition coefficient (Wildman–Crippen LogP) is 0.350. The summed E-state index contributed by atoms with van der Waals surface area (Å²) in [6, 6.07) is 0. The fourth-order valence-electron chi connectivity index (χ4n) is 3.33. The first-order chi connectivity index (χ1) is 8.84. The van der Waals surface area contributed by atoms with Crippen molar-refractivity contribution in [2.24, 2.45) is 5.92 Å². The van der Waals surface area contributed by atoms with Crippen LogP contribution in [0.4, 0.5) is 0 Å². The standard InChI is InChI=1S/C13H22N2O3/c16-12-7-14-13(10-3-1-2-4-10)15(12)8-11-9-17-5-6-18-11/h10-11,13-14H,1-9H2. The summed E-state index contributed by atoms with van der Waals surface area (Å²) in [5, 5.41) is 3.37. The highest BCUT2D eigenvalue weighted by Gasteiger charge is 2.38. The number of amides is 1. The first-order valence-corrected chi connectivity index (χ1v) is 7.07. The van der Waals surface area contributed by atoms with Crippen molar-refractivity contribution in [1.82, 2.24) is 10.2 Å². The van der Waals surface area contributed by atoms with Gasteiger partial charge in [0.1, 0.15) is 0 Å². The van der Waals surface area contributed by atoms with Crippen molar-refractivity contribution in [2.45, 2.75) is 38.0 Å². The van der Waals surface area contributed by atoms with E-state index >= 15 is 0 Å². The van der Waals surface area contributed by atoms with Crippen LogP contribution in [-0.2, 0) is 14.3 Å². The summed E-state index contributed by atoms with van der Waals surface area (Å²) >= 11 is 0. The van der Waals surface area contributed by atoms with E-state index in [4.69, 9.17) is 9.47 Å². The fourth-order valence-corrected chi connectivity index (χ4v) is 3.33. The molecular weight excluding hydrogens is 232 g/mol. The third-order valence-electron chi connectivity index (χ3n) is 4.25. The second-order valence-corrected chi connectivity index (χ2v) is 5.48. The Labute approximate surface area is 108 Å². The molecule has 102 valence electrons. The van der Waals surface area contributed by atoms with Crippen LogP contribution < -0.4 is 5.32 Å². The highest BCUT2D eigenvalue weighted by atomic mass is 16.6. The van der Waals surface area contributed by atoms with Gasteiger partial charge in [-0.2, -0.15) is 0 Å². The molecule has 2 atom stereocenters. The SMILES string of the molecule is O=C1CNC(C2CCCC2)N1CC1COCCO1. The number of carbonyl (C=O) groups is 1. The highest BCUT2D eigenvalue weighted by Crippen LogP contribution is 2.31. The van der Waals surface area contributed by atoms with Gasteiger partial charge in [-0.1, -0.05) is 12.8 Å². The Morgan fingerprint density at radius 3 is 2.83 bits per heavy atom. The Balaban J connectivity index is 1.61. The van der Waals surface area contributed by atoms with Gasteiger partial charge in [-0.3, -0.25) is 10.1 Å². The predicted molar refractivity (Wildman–Crippen MR) is 66.0 cm³/mol. The van der Waals surface area contributed by atoms with Crippen molar-refractivity contribution in [3.05, 3.63) is 0 Å². The Morgan fingerprint density at radius 2 is 2.11 bits per heavy atom. The number of ether oxygens (including phenoxy) is 2. The summed E-state index contributed by atoms with van der Waals surface area (Å²) in [5.41, 5.74) is 0. The van der Waals surface area contributed by atoms with E-state index in [0.717, 1.165) is 0 Å². The van der Waals surface area contributed by atoms with Crippen molar-refractivity contribution < 1.29 is 14.3 Å². The maximum absolute atomic E-state index is 12.0. The smallest absolute Gasteiger partial charge is 0.237 e. The second kappa shape index (κ2) is 5.55. The van der Waals surface area contributed by atoms with E-state index in [-0.39, 0.29) is 18.2 Å². The van der Waals surface area contributed by atoms with Gasteiger partial charge in [0.2, 0.25) is 5.91 Å². The molecular formula is C13H22N2O3. The maximum atomic E-state index is 12.0. The number of nitrogens with zero attached hydrogens (tertiary/aromatic N) is 1. The van der Waals surface area contributed by atoms with Crippen LogP contribution in [0.15, 0.2) is 0 Å². The highest BCUT2D eigenvalue weighted by molar-refractivity contribution is 5.80. The Hall–Kier alpha value is -0.650. The van der Waals surface area contributed by atoms with Gasteiger partial charge in [0, 0.05) is 0 Å². The molecule has 1 amide bonds. The van der Waals surface area contributed by atoms with Gasteiger partial charge >= 0.3 is 0 Å². The van der Waals surface area contributed by atoms with E-state index < -0.39 is 0 Å². The molecule has 2 saturated heterocycles. The lowest BCUT2D eigenvalue weighted by molar-refractivity contribution is -0.136. The van der Waals surface area contributed by atoms with Crippen molar-refractivity contribution in [3.8, 4) is 0 Å². The van der Waals surface area contributed by atoms with Crippen molar-refractivity contribution in [2.75, 3.05) is 32.9 Å².